The smallest absolute Gasteiger partial charge is 0.230 e. The van der Waals surface area contributed by atoms with E-state index in [2.05, 4.69) is 23.4 Å². The molecule has 2 aromatic heterocycles. The number of benzene rings is 1. The van der Waals surface area contributed by atoms with Gasteiger partial charge >= 0.3 is 0 Å². The second kappa shape index (κ2) is 8.54. The number of aryl methyl sites for hydroxylation is 2. The van der Waals surface area contributed by atoms with E-state index in [9.17, 15) is 4.79 Å². The molecule has 0 saturated heterocycles. The highest BCUT2D eigenvalue weighted by molar-refractivity contribution is 7.99. The van der Waals surface area contributed by atoms with Gasteiger partial charge in [0.15, 0.2) is 5.16 Å². The minimum atomic E-state index is -0.0491. The molecular formula is C20H24N4O2S. The molecule has 3 rings (SSSR count). The summed E-state index contributed by atoms with van der Waals surface area (Å²) in [4.78, 5) is 17.0. The number of ether oxygens (including phenoxy) is 1. The molecule has 0 aliphatic carbocycles. The first kappa shape index (κ1) is 19.4. The van der Waals surface area contributed by atoms with E-state index >= 15 is 0 Å². The number of nitrogens with zero attached hydrogens (tertiary/aromatic N) is 3. The van der Waals surface area contributed by atoms with Gasteiger partial charge in [0, 0.05) is 18.7 Å². The van der Waals surface area contributed by atoms with Gasteiger partial charge in [-0.3, -0.25) is 4.79 Å². The largest absolute Gasteiger partial charge is 0.383 e. The molecule has 0 saturated carbocycles. The van der Waals surface area contributed by atoms with E-state index in [1.807, 2.05) is 48.7 Å². The van der Waals surface area contributed by atoms with E-state index in [0.29, 0.717) is 11.8 Å². The number of rotatable bonds is 7. The number of hydrogen-bond acceptors (Lipinski definition) is 5. The third-order valence-corrected chi connectivity index (χ3v) is 5.01. The predicted molar refractivity (Wildman–Crippen MR) is 108 cm³/mol. The van der Waals surface area contributed by atoms with E-state index in [1.165, 1.54) is 11.8 Å². The first-order valence-corrected chi connectivity index (χ1v) is 9.81. The molecule has 1 unspecified atom stereocenters. The molecule has 0 fully saturated rings. The van der Waals surface area contributed by atoms with Crippen molar-refractivity contribution in [2.75, 3.05) is 19.5 Å². The number of carbonyl (C=O) groups is 1. The quantitative estimate of drug-likeness (QED) is 0.633. The average molecular weight is 385 g/mol. The lowest BCUT2D eigenvalue weighted by atomic mass is 10.1. The zero-order chi connectivity index (χ0) is 19.4. The summed E-state index contributed by atoms with van der Waals surface area (Å²) >= 11 is 1.39. The van der Waals surface area contributed by atoms with Crippen LogP contribution in [-0.4, -0.2) is 46.0 Å². The van der Waals surface area contributed by atoms with Crippen molar-refractivity contribution in [3.63, 3.8) is 0 Å². The molecule has 0 bridgehead atoms. The molecular weight excluding hydrogens is 360 g/mol. The Morgan fingerprint density at radius 2 is 2.04 bits per heavy atom. The Labute approximate surface area is 163 Å². The normalized spacial score (nSPS) is 12.3. The lowest BCUT2D eigenvalue weighted by molar-refractivity contribution is -0.119. The molecule has 0 aliphatic rings. The number of nitrogens with one attached hydrogen (secondary N) is 1. The lowest BCUT2D eigenvalue weighted by Crippen LogP contribution is -2.36. The van der Waals surface area contributed by atoms with Crippen LogP contribution in [0.2, 0.25) is 0 Å². The number of hydrogen-bond donors (Lipinski definition) is 1. The number of amides is 1. The van der Waals surface area contributed by atoms with Crippen LogP contribution >= 0.6 is 11.8 Å². The van der Waals surface area contributed by atoms with Gasteiger partial charge in [0.25, 0.3) is 0 Å². The molecule has 27 heavy (non-hydrogen) atoms. The first-order chi connectivity index (χ1) is 13.0. The third kappa shape index (κ3) is 4.48. The maximum absolute atomic E-state index is 12.2. The van der Waals surface area contributed by atoms with Crippen molar-refractivity contribution in [3.05, 3.63) is 47.7 Å². The Bertz CT molecular complexity index is 940. The summed E-state index contributed by atoms with van der Waals surface area (Å²) in [7, 11) is 1.62. The topological polar surface area (TPSA) is 68.5 Å². The van der Waals surface area contributed by atoms with Gasteiger partial charge in [-0.2, -0.15) is 5.10 Å². The summed E-state index contributed by atoms with van der Waals surface area (Å²) in [5, 5.41) is 8.26. The highest BCUT2D eigenvalue weighted by atomic mass is 32.2. The third-order valence-electron chi connectivity index (χ3n) is 4.09. The average Bonchev–Trinajstić information content (AvgIpc) is 2.99. The molecule has 6 nitrogen and oxygen atoms in total. The predicted octanol–water partition coefficient (Wildman–Crippen LogP) is 3.26. The van der Waals surface area contributed by atoms with Gasteiger partial charge in [-0.05, 0) is 32.4 Å². The van der Waals surface area contributed by atoms with Crippen LogP contribution in [0.5, 0.6) is 0 Å². The van der Waals surface area contributed by atoms with Crippen molar-refractivity contribution < 1.29 is 9.53 Å². The van der Waals surface area contributed by atoms with Crippen molar-refractivity contribution in [1.29, 1.82) is 0 Å². The fourth-order valence-electron chi connectivity index (χ4n) is 3.04. The Morgan fingerprint density at radius 3 is 2.74 bits per heavy atom. The summed E-state index contributed by atoms with van der Waals surface area (Å²) < 4.78 is 6.91. The highest BCUT2D eigenvalue weighted by Crippen LogP contribution is 2.30. The Hall–Kier alpha value is -2.38. The van der Waals surface area contributed by atoms with Crippen LogP contribution in [0.25, 0.3) is 16.8 Å². The van der Waals surface area contributed by atoms with Crippen molar-refractivity contribution in [3.8, 4) is 11.3 Å². The van der Waals surface area contributed by atoms with Gasteiger partial charge < -0.3 is 10.1 Å². The van der Waals surface area contributed by atoms with Gasteiger partial charge in [-0.25, -0.2) is 9.50 Å². The van der Waals surface area contributed by atoms with Crippen LogP contribution in [0, 0.1) is 13.8 Å². The molecule has 7 heteroatoms. The summed E-state index contributed by atoms with van der Waals surface area (Å²) in [5.41, 5.74) is 4.92. The van der Waals surface area contributed by atoms with Crippen molar-refractivity contribution in [2.45, 2.75) is 32.0 Å². The molecule has 2 heterocycles. The van der Waals surface area contributed by atoms with E-state index in [-0.39, 0.29) is 17.7 Å². The fourth-order valence-corrected chi connectivity index (χ4v) is 3.79. The molecule has 1 amide bonds. The molecule has 3 aromatic rings. The van der Waals surface area contributed by atoms with Crippen molar-refractivity contribution >= 4 is 23.2 Å². The van der Waals surface area contributed by atoms with E-state index in [4.69, 9.17) is 9.72 Å². The van der Waals surface area contributed by atoms with Crippen LogP contribution in [-0.2, 0) is 9.53 Å². The summed E-state index contributed by atoms with van der Waals surface area (Å²) in [5.74, 6) is 0.225. The van der Waals surface area contributed by atoms with Crippen molar-refractivity contribution in [1.82, 2.24) is 19.9 Å². The number of carbonyl (C=O) groups excluding carboxylic acids is 1. The van der Waals surface area contributed by atoms with Crippen LogP contribution in [0.1, 0.15) is 18.2 Å². The van der Waals surface area contributed by atoms with E-state index in [0.717, 1.165) is 28.0 Å². The molecule has 0 radical (unpaired) electrons. The first-order valence-electron chi connectivity index (χ1n) is 8.83. The second-order valence-corrected chi connectivity index (χ2v) is 7.49. The lowest BCUT2D eigenvalue weighted by Gasteiger charge is -2.12. The van der Waals surface area contributed by atoms with Gasteiger partial charge in [0.1, 0.15) is 0 Å². The summed E-state index contributed by atoms with van der Waals surface area (Å²) in [6.07, 6.45) is 0. The van der Waals surface area contributed by atoms with E-state index < -0.39 is 0 Å². The van der Waals surface area contributed by atoms with Crippen molar-refractivity contribution in [2.24, 2.45) is 0 Å². The van der Waals surface area contributed by atoms with Gasteiger partial charge in [-0.15, -0.1) is 0 Å². The van der Waals surface area contributed by atoms with Gasteiger partial charge in [-0.1, -0.05) is 42.1 Å². The Morgan fingerprint density at radius 1 is 1.30 bits per heavy atom. The molecule has 1 aromatic carbocycles. The number of thioether (sulfide) groups is 1. The maximum Gasteiger partial charge on any atom is 0.230 e. The molecule has 0 spiro atoms. The zero-order valence-electron chi connectivity index (χ0n) is 16.0. The zero-order valence-corrected chi connectivity index (χ0v) is 16.8. The van der Waals surface area contributed by atoms with Gasteiger partial charge in [0.05, 0.1) is 29.3 Å². The minimum Gasteiger partial charge on any atom is -0.383 e. The second-order valence-electron chi connectivity index (χ2n) is 6.55. The van der Waals surface area contributed by atoms with Crippen LogP contribution < -0.4 is 5.32 Å². The maximum atomic E-state index is 12.2. The minimum absolute atomic E-state index is 0.0254. The standard InChI is InChI=1S/C20H24N4O2S/c1-13-10-14(2)23-24-19(13)18(16-8-6-5-7-9-16)22-20(24)27-12-17(25)21-15(3)11-26-4/h5-10,15H,11-12H2,1-4H3,(H,21,25). The SMILES string of the molecule is COCC(C)NC(=O)CSc1nc(-c2ccccc2)c2c(C)cc(C)nn12. The number of imidazole rings is 1. The highest BCUT2D eigenvalue weighted by Gasteiger charge is 2.18. The van der Waals surface area contributed by atoms with Crippen LogP contribution in [0.4, 0.5) is 0 Å². The summed E-state index contributed by atoms with van der Waals surface area (Å²) in [6.45, 7) is 6.42. The number of methoxy groups -OCH3 is 1. The monoisotopic (exact) mass is 384 g/mol. The Kier molecular flexibility index (Phi) is 6.13. The number of aromatic nitrogens is 3. The molecule has 1 N–H and O–H groups in total. The van der Waals surface area contributed by atoms with Crippen LogP contribution in [0.3, 0.4) is 0 Å². The van der Waals surface area contributed by atoms with Crippen LogP contribution in [0.15, 0.2) is 41.6 Å². The molecule has 142 valence electrons. The fraction of sp³-hybridized carbons (Fsp3) is 0.350. The van der Waals surface area contributed by atoms with E-state index in [1.54, 1.807) is 7.11 Å². The molecule has 1 atom stereocenters. The van der Waals surface area contributed by atoms with Gasteiger partial charge in [0.2, 0.25) is 5.91 Å². The molecule has 0 aliphatic heterocycles. The number of fused-ring (bicyclic) bond motifs is 1. The summed E-state index contributed by atoms with van der Waals surface area (Å²) in [6, 6.07) is 12.1. The Balaban J connectivity index is 1.91.